The molecule has 1 unspecified atom stereocenters. The molecule has 1 atom stereocenters. The number of hydrogen-bond donors (Lipinski definition) is 0. The van der Waals surface area contributed by atoms with Crippen LogP contribution in [0.3, 0.4) is 0 Å². The Bertz CT molecular complexity index is 390. The van der Waals surface area contributed by atoms with Crippen molar-refractivity contribution in [3.05, 3.63) is 29.1 Å². The number of halogens is 3. The fraction of sp³-hybridized carbons (Fsp3) is 0.500. The van der Waals surface area contributed by atoms with Gasteiger partial charge < -0.3 is 4.74 Å². The van der Waals surface area contributed by atoms with Crippen molar-refractivity contribution >= 4 is 0 Å². The van der Waals surface area contributed by atoms with E-state index in [0.29, 0.717) is 17.9 Å². The van der Waals surface area contributed by atoms with Gasteiger partial charge in [-0.25, -0.2) is 4.39 Å². The molecule has 0 N–H and O–H groups in total. The molecular formula is C12H13F3O. The molecule has 1 aromatic carbocycles. The number of ether oxygens (including phenoxy) is 1. The van der Waals surface area contributed by atoms with Gasteiger partial charge in [0.15, 0.2) is 11.6 Å². The van der Waals surface area contributed by atoms with Crippen LogP contribution in [-0.2, 0) is 12.8 Å². The van der Waals surface area contributed by atoms with Crippen LogP contribution in [0.1, 0.15) is 24.5 Å². The average Bonchev–Trinajstić information content (AvgIpc) is 2.22. The van der Waals surface area contributed by atoms with Crippen LogP contribution in [0, 0.1) is 11.7 Å². The summed E-state index contributed by atoms with van der Waals surface area (Å²) in [5, 5.41) is 0. The number of fused-ring (bicyclic) bond motifs is 1. The molecule has 1 aromatic rings. The van der Waals surface area contributed by atoms with E-state index in [2.05, 4.69) is 11.7 Å². The van der Waals surface area contributed by atoms with Crippen molar-refractivity contribution < 1.29 is 17.9 Å². The molecule has 1 nitrogen and oxygen atoms in total. The van der Waals surface area contributed by atoms with E-state index in [9.17, 15) is 13.2 Å². The van der Waals surface area contributed by atoms with E-state index in [0.717, 1.165) is 18.4 Å². The Morgan fingerprint density at radius 2 is 2.12 bits per heavy atom. The van der Waals surface area contributed by atoms with Crippen molar-refractivity contribution in [2.45, 2.75) is 32.8 Å². The summed E-state index contributed by atoms with van der Waals surface area (Å²) in [6, 6.07) is 2.98. The maximum atomic E-state index is 13.8. The second-order valence-corrected chi connectivity index (χ2v) is 4.24. The van der Waals surface area contributed by atoms with Gasteiger partial charge >= 0.3 is 6.61 Å². The minimum atomic E-state index is -2.98. The van der Waals surface area contributed by atoms with Gasteiger partial charge in [0.1, 0.15) is 0 Å². The van der Waals surface area contributed by atoms with E-state index in [-0.39, 0.29) is 5.75 Å². The van der Waals surface area contributed by atoms with Gasteiger partial charge in [-0.1, -0.05) is 13.0 Å². The molecule has 0 heterocycles. The zero-order chi connectivity index (χ0) is 11.7. The van der Waals surface area contributed by atoms with Gasteiger partial charge in [0.25, 0.3) is 0 Å². The first-order chi connectivity index (χ1) is 7.58. The fourth-order valence-electron chi connectivity index (χ4n) is 2.16. The summed E-state index contributed by atoms with van der Waals surface area (Å²) < 4.78 is 41.9. The second-order valence-electron chi connectivity index (χ2n) is 4.24. The largest absolute Gasteiger partial charge is 0.432 e. The Labute approximate surface area is 92.2 Å². The van der Waals surface area contributed by atoms with Crippen LogP contribution in [-0.4, -0.2) is 6.61 Å². The first-order valence-electron chi connectivity index (χ1n) is 5.33. The molecule has 0 radical (unpaired) electrons. The Balaban J connectivity index is 2.32. The molecule has 0 saturated carbocycles. The molecule has 0 aromatic heterocycles. The molecule has 1 aliphatic rings. The van der Waals surface area contributed by atoms with Gasteiger partial charge in [-0.15, -0.1) is 0 Å². The van der Waals surface area contributed by atoms with Crippen molar-refractivity contribution in [2.75, 3.05) is 0 Å². The highest BCUT2D eigenvalue weighted by atomic mass is 19.3. The van der Waals surface area contributed by atoms with Crippen LogP contribution in [0.25, 0.3) is 0 Å². The van der Waals surface area contributed by atoms with Gasteiger partial charge in [0.2, 0.25) is 0 Å². The molecule has 0 bridgehead atoms. The number of rotatable bonds is 2. The Morgan fingerprint density at radius 1 is 1.38 bits per heavy atom. The molecule has 2 rings (SSSR count). The van der Waals surface area contributed by atoms with Crippen molar-refractivity contribution in [1.29, 1.82) is 0 Å². The number of alkyl halides is 2. The highest BCUT2D eigenvalue weighted by Gasteiger charge is 2.21. The minimum absolute atomic E-state index is 0.344. The maximum absolute atomic E-state index is 13.8. The highest BCUT2D eigenvalue weighted by molar-refractivity contribution is 5.39. The third-order valence-electron chi connectivity index (χ3n) is 2.98. The summed E-state index contributed by atoms with van der Waals surface area (Å²) in [5.74, 6) is -0.443. The first kappa shape index (κ1) is 11.3. The normalized spacial score (nSPS) is 19.7. The predicted molar refractivity (Wildman–Crippen MR) is 54.2 cm³/mol. The fourth-order valence-corrected chi connectivity index (χ4v) is 2.16. The van der Waals surface area contributed by atoms with Gasteiger partial charge in [-0.3, -0.25) is 0 Å². The second kappa shape index (κ2) is 4.36. The molecular weight excluding hydrogens is 217 g/mol. The molecule has 16 heavy (non-hydrogen) atoms. The van der Waals surface area contributed by atoms with E-state index < -0.39 is 12.4 Å². The third kappa shape index (κ3) is 2.15. The molecule has 4 heteroatoms. The van der Waals surface area contributed by atoms with E-state index >= 15 is 0 Å². The van der Waals surface area contributed by atoms with Gasteiger partial charge in [-0.05, 0) is 42.4 Å². The van der Waals surface area contributed by atoms with Crippen LogP contribution in [0.4, 0.5) is 13.2 Å². The van der Waals surface area contributed by atoms with E-state index in [1.54, 1.807) is 6.07 Å². The van der Waals surface area contributed by atoms with E-state index in [4.69, 9.17) is 0 Å². The molecule has 1 aliphatic carbocycles. The summed E-state index contributed by atoms with van der Waals surface area (Å²) in [7, 11) is 0. The van der Waals surface area contributed by atoms with Crippen molar-refractivity contribution in [3.8, 4) is 5.75 Å². The maximum Gasteiger partial charge on any atom is 0.387 e. The molecule has 0 amide bonds. The van der Waals surface area contributed by atoms with Gasteiger partial charge in [0.05, 0.1) is 0 Å². The standard InChI is InChI=1S/C12H13F3O/c1-7-2-4-9-8(6-7)3-5-10(11(9)13)16-12(14)15/h3,5,7,12H,2,4,6H2,1H3. The van der Waals surface area contributed by atoms with Gasteiger partial charge in [-0.2, -0.15) is 8.78 Å². The quantitative estimate of drug-likeness (QED) is 0.754. The lowest BCUT2D eigenvalue weighted by Crippen LogP contribution is -2.14. The molecule has 0 spiro atoms. The van der Waals surface area contributed by atoms with Crippen LogP contribution in [0.15, 0.2) is 12.1 Å². The van der Waals surface area contributed by atoms with Crippen LogP contribution in [0.5, 0.6) is 5.75 Å². The lowest BCUT2D eigenvalue weighted by atomic mass is 9.84. The summed E-state index contributed by atoms with van der Waals surface area (Å²) >= 11 is 0. The zero-order valence-electron chi connectivity index (χ0n) is 8.97. The van der Waals surface area contributed by atoms with Crippen LogP contribution in [0.2, 0.25) is 0 Å². The zero-order valence-corrected chi connectivity index (χ0v) is 8.97. The summed E-state index contributed by atoms with van der Waals surface area (Å²) in [6.45, 7) is -0.875. The Hall–Kier alpha value is -1.19. The van der Waals surface area contributed by atoms with E-state index in [1.807, 2.05) is 0 Å². The van der Waals surface area contributed by atoms with Crippen molar-refractivity contribution in [1.82, 2.24) is 0 Å². The van der Waals surface area contributed by atoms with Crippen LogP contribution < -0.4 is 4.74 Å². The third-order valence-corrected chi connectivity index (χ3v) is 2.98. The number of benzene rings is 1. The summed E-state index contributed by atoms with van der Waals surface area (Å²) in [4.78, 5) is 0. The minimum Gasteiger partial charge on any atom is -0.432 e. The SMILES string of the molecule is CC1CCc2c(ccc(OC(F)F)c2F)C1. The Morgan fingerprint density at radius 3 is 2.81 bits per heavy atom. The van der Waals surface area contributed by atoms with E-state index in [1.165, 1.54) is 6.07 Å². The summed E-state index contributed by atoms with van der Waals surface area (Å²) in [5.41, 5.74) is 1.45. The first-order valence-corrected chi connectivity index (χ1v) is 5.33. The smallest absolute Gasteiger partial charge is 0.387 e. The van der Waals surface area contributed by atoms with Crippen molar-refractivity contribution in [2.24, 2.45) is 5.92 Å². The monoisotopic (exact) mass is 230 g/mol. The highest BCUT2D eigenvalue weighted by Crippen LogP contribution is 2.32. The molecule has 0 aliphatic heterocycles. The molecule has 88 valence electrons. The molecule has 0 saturated heterocycles. The predicted octanol–water partition coefficient (Wildman–Crippen LogP) is 3.55. The van der Waals surface area contributed by atoms with Gasteiger partial charge in [0, 0.05) is 0 Å². The van der Waals surface area contributed by atoms with Crippen molar-refractivity contribution in [3.63, 3.8) is 0 Å². The average molecular weight is 230 g/mol. The topological polar surface area (TPSA) is 9.23 Å². The summed E-state index contributed by atoms with van der Waals surface area (Å²) in [6.07, 6.45) is 2.30. The lowest BCUT2D eigenvalue weighted by Gasteiger charge is -2.22. The molecule has 0 fully saturated rings. The Kier molecular flexibility index (Phi) is 3.08. The lowest BCUT2D eigenvalue weighted by molar-refractivity contribution is -0.0523. The number of hydrogen-bond acceptors (Lipinski definition) is 1. The van der Waals surface area contributed by atoms with Crippen LogP contribution >= 0.6 is 0 Å².